The molecule has 0 aliphatic heterocycles. The van der Waals surface area contributed by atoms with Gasteiger partial charge in [-0.1, -0.05) is 349 Å². The van der Waals surface area contributed by atoms with E-state index in [0.29, 0.717) is 25.7 Å². The Morgan fingerprint density at radius 3 is 0.716 bits per heavy atom. The number of phosphoric acid groups is 2. The summed E-state index contributed by atoms with van der Waals surface area (Å²) < 4.78 is 68.5. The summed E-state index contributed by atoms with van der Waals surface area (Å²) in [6.45, 7) is 7.31. The molecule has 95 heavy (non-hydrogen) atoms. The van der Waals surface area contributed by atoms with Gasteiger partial charge in [0.05, 0.1) is 26.4 Å². The van der Waals surface area contributed by atoms with Crippen LogP contribution in [0, 0.1) is 5.92 Å². The Bertz CT molecular complexity index is 1820. The van der Waals surface area contributed by atoms with E-state index in [1.807, 2.05) is 0 Å². The monoisotopic (exact) mass is 1400 g/mol. The van der Waals surface area contributed by atoms with Gasteiger partial charge < -0.3 is 33.8 Å². The molecule has 0 aromatic rings. The molecule has 0 aromatic heterocycles. The number of esters is 4. The molecule has 0 heterocycles. The Hall–Kier alpha value is -1.94. The summed E-state index contributed by atoms with van der Waals surface area (Å²) >= 11 is 0. The van der Waals surface area contributed by atoms with Crippen molar-refractivity contribution >= 4 is 39.5 Å². The number of carbonyl (C=O) groups excluding carboxylic acids is 4. The first-order chi connectivity index (χ1) is 46.0. The topological polar surface area (TPSA) is 237 Å². The molecule has 0 saturated carbocycles. The van der Waals surface area contributed by atoms with E-state index in [-0.39, 0.29) is 25.7 Å². The van der Waals surface area contributed by atoms with Crippen LogP contribution in [-0.4, -0.2) is 96.7 Å². The molecule has 0 amide bonds. The van der Waals surface area contributed by atoms with Crippen molar-refractivity contribution in [2.45, 2.75) is 419 Å². The average Bonchev–Trinajstić information content (AvgIpc) is 1.78. The number of unbranched alkanes of at least 4 members (excludes halogenated alkanes) is 48. The summed E-state index contributed by atoms with van der Waals surface area (Å²) in [6, 6.07) is 0. The molecule has 0 bridgehead atoms. The molecule has 0 aliphatic rings. The minimum atomic E-state index is -4.96. The van der Waals surface area contributed by atoms with Crippen molar-refractivity contribution in [3.8, 4) is 0 Å². The van der Waals surface area contributed by atoms with Gasteiger partial charge in [-0.2, -0.15) is 0 Å². The molecule has 564 valence electrons. The highest BCUT2D eigenvalue weighted by molar-refractivity contribution is 7.47. The average molecular weight is 1400 g/mol. The van der Waals surface area contributed by atoms with Crippen molar-refractivity contribution in [2.75, 3.05) is 39.6 Å². The molecule has 0 saturated heterocycles. The zero-order valence-corrected chi connectivity index (χ0v) is 63.6. The highest BCUT2D eigenvalue weighted by Gasteiger charge is 2.30. The lowest BCUT2D eigenvalue weighted by Gasteiger charge is -2.21. The number of carbonyl (C=O) groups is 4. The minimum Gasteiger partial charge on any atom is -0.462 e. The van der Waals surface area contributed by atoms with Crippen molar-refractivity contribution < 1.29 is 80.2 Å². The minimum absolute atomic E-state index is 0.108. The largest absolute Gasteiger partial charge is 0.472 e. The molecule has 3 N–H and O–H groups in total. The second-order valence-electron chi connectivity index (χ2n) is 27.9. The lowest BCUT2D eigenvalue weighted by atomic mass is 10.0. The highest BCUT2D eigenvalue weighted by atomic mass is 31.2. The van der Waals surface area contributed by atoms with Crippen molar-refractivity contribution in [3.63, 3.8) is 0 Å². The maximum absolute atomic E-state index is 13.1. The molecule has 0 spiro atoms. The van der Waals surface area contributed by atoms with E-state index in [9.17, 15) is 43.2 Å². The Labute approximate surface area is 581 Å². The van der Waals surface area contributed by atoms with E-state index in [2.05, 4.69) is 34.6 Å². The number of ether oxygens (including phenoxy) is 4. The number of aliphatic hydroxyl groups is 1. The van der Waals surface area contributed by atoms with Crippen LogP contribution in [0.3, 0.4) is 0 Å². The quantitative estimate of drug-likeness (QED) is 0.0222. The van der Waals surface area contributed by atoms with Crippen LogP contribution in [0.5, 0.6) is 0 Å². The predicted octanol–water partition coefficient (Wildman–Crippen LogP) is 22.5. The summed E-state index contributed by atoms with van der Waals surface area (Å²) in [5.41, 5.74) is 0. The molecule has 2 unspecified atom stereocenters. The van der Waals surface area contributed by atoms with Gasteiger partial charge in [0.1, 0.15) is 19.3 Å². The van der Waals surface area contributed by atoms with E-state index in [1.165, 1.54) is 225 Å². The van der Waals surface area contributed by atoms with Crippen LogP contribution in [0.4, 0.5) is 0 Å². The van der Waals surface area contributed by atoms with Gasteiger partial charge in [0.15, 0.2) is 12.2 Å². The first-order valence-electron chi connectivity index (χ1n) is 39.6. The molecule has 0 aliphatic carbocycles. The molecule has 0 fully saturated rings. The zero-order chi connectivity index (χ0) is 69.8. The van der Waals surface area contributed by atoms with E-state index >= 15 is 0 Å². The van der Waals surface area contributed by atoms with Crippen LogP contribution in [0.1, 0.15) is 401 Å². The molecular formula is C76H148O17P2. The lowest BCUT2D eigenvalue weighted by molar-refractivity contribution is -0.161. The highest BCUT2D eigenvalue weighted by Crippen LogP contribution is 2.45. The van der Waals surface area contributed by atoms with Crippen molar-refractivity contribution in [1.82, 2.24) is 0 Å². The number of hydrogen-bond acceptors (Lipinski definition) is 15. The summed E-state index contributed by atoms with van der Waals surface area (Å²) in [4.78, 5) is 72.8. The van der Waals surface area contributed by atoms with Gasteiger partial charge in [-0.3, -0.25) is 37.3 Å². The summed E-state index contributed by atoms with van der Waals surface area (Å²) in [6.07, 6.45) is 58.1. The first kappa shape index (κ1) is 93.1. The van der Waals surface area contributed by atoms with Crippen LogP contribution in [-0.2, 0) is 65.4 Å². The fourth-order valence-electron chi connectivity index (χ4n) is 11.7. The lowest BCUT2D eigenvalue weighted by Crippen LogP contribution is -2.30. The molecule has 5 atom stereocenters. The fraction of sp³-hybridized carbons (Fsp3) is 0.947. The Kier molecular flexibility index (Phi) is 67.7. The van der Waals surface area contributed by atoms with Crippen molar-refractivity contribution in [1.29, 1.82) is 0 Å². The van der Waals surface area contributed by atoms with Crippen molar-refractivity contribution in [2.24, 2.45) is 5.92 Å². The molecule has 17 nitrogen and oxygen atoms in total. The summed E-state index contributed by atoms with van der Waals surface area (Å²) in [5, 5.41) is 10.6. The molecule has 0 rings (SSSR count). The van der Waals surface area contributed by atoms with E-state index in [0.717, 1.165) is 95.8 Å². The summed E-state index contributed by atoms with van der Waals surface area (Å²) in [5.74, 6) is -1.31. The van der Waals surface area contributed by atoms with Crippen LogP contribution in [0.2, 0.25) is 0 Å². The van der Waals surface area contributed by atoms with Gasteiger partial charge in [-0.15, -0.1) is 0 Å². The summed E-state index contributed by atoms with van der Waals surface area (Å²) in [7, 11) is -9.91. The van der Waals surface area contributed by atoms with Gasteiger partial charge in [0, 0.05) is 25.7 Å². The van der Waals surface area contributed by atoms with E-state index < -0.39 is 97.5 Å². The normalized spacial score (nSPS) is 13.9. The third kappa shape index (κ3) is 70.3. The molecule has 0 radical (unpaired) electrons. The predicted molar refractivity (Wildman–Crippen MR) is 386 cm³/mol. The second kappa shape index (κ2) is 69.2. The molecule has 0 aromatic carbocycles. The van der Waals surface area contributed by atoms with E-state index in [1.54, 1.807) is 0 Å². The number of phosphoric ester groups is 2. The fourth-order valence-corrected chi connectivity index (χ4v) is 13.3. The van der Waals surface area contributed by atoms with Gasteiger partial charge in [-0.25, -0.2) is 9.13 Å². The number of hydrogen-bond donors (Lipinski definition) is 3. The Morgan fingerprint density at radius 2 is 0.484 bits per heavy atom. The van der Waals surface area contributed by atoms with Crippen LogP contribution < -0.4 is 0 Å². The van der Waals surface area contributed by atoms with Gasteiger partial charge >= 0.3 is 39.5 Å². The van der Waals surface area contributed by atoms with E-state index in [4.69, 9.17) is 37.0 Å². The first-order valence-corrected chi connectivity index (χ1v) is 42.6. The zero-order valence-electron chi connectivity index (χ0n) is 61.8. The molecular weight excluding hydrogens is 1250 g/mol. The van der Waals surface area contributed by atoms with Crippen LogP contribution >= 0.6 is 15.6 Å². The van der Waals surface area contributed by atoms with Gasteiger partial charge in [0.2, 0.25) is 0 Å². The number of aliphatic hydroxyl groups excluding tert-OH is 1. The van der Waals surface area contributed by atoms with Crippen LogP contribution in [0.25, 0.3) is 0 Å². The second-order valence-corrected chi connectivity index (χ2v) is 30.8. The third-order valence-electron chi connectivity index (χ3n) is 17.8. The third-order valence-corrected chi connectivity index (χ3v) is 19.7. The Balaban J connectivity index is 5.22. The smallest absolute Gasteiger partial charge is 0.462 e. The van der Waals surface area contributed by atoms with Gasteiger partial charge in [-0.05, 0) is 31.6 Å². The van der Waals surface area contributed by atoms with Gasteiger partial charge in [0.25, 0.3) is 0 Å². The maximum Gasteiger partial charge on any atom is 0.472 e. The van der Waals surface area contributed by atoms with Crippen molar-refractivity contribution in [3.05, 3.63) is 0 Å². The Morgan fingerprint density at radius 1 is 0.284 bits per heavy atom. The molecule has 19 heteroatoms. The maximum atomic E-state index is 13.1. The SMILES string of the molecule is CCCCCCCCCCCCCCCCCC(=O)OC[C@H](COP(=O)(O)OC[C@@H](O)COP(=O)(O)OC[C@@H](COC(=O)CCCCCCCCCCC)OC(=O)CCCCCCCCCCCCCCC)OC(=O)CCCCCCCCCCCCCCCCCC(C)C. The van der Waals surface area contributed by atoms with Crippen LogP contribution in [0.15, 0.2) is 0 Å². The standard InChI is InChI=1S/C76H148O17P2/c1-6-9-12-15-18-21-23-25-27-32-35-40-45-50-55-60-74(79)87-66-72(93-76(81)62-57-52-47-42-37-33-29-26-28-31-34-39-43-48-53-58-69(4)5)68-91-95(84,85)89-64-70(77)63-88-94(82,83)90-67-71(65-86-73(78)59-54-49-44-38-20-17-14-11-8-3)92-75(80)61-56-51-46-41-36-30-24-22-19-16-13-10-7-2/h69-72,77H,6-68H2,1-5H3,(H,82,83)(H,84,85)/t70-,71+,72+/m0/s1. The number of rotatable bonds is 76.